The first-order chi connectivity index (χ1) is 7.81. The number of unbranched alkanes of at least 4 members (excludes halogenated alkanes) is 5. The molecule has 0 aromatic carbocycles. The quantitative estimate of drug-likeness (QED) is 0.516. The number of hydrogen-bond donors (Lipinski definition) is 1. The van der Waals surface area contributed by atoms with Crippen molar-refractivity contribution in [1.82, 2.24) is 10.2 Å². The molecule has 0 rings (SSSR count). The molecule has 0 fully saturated rings. The summed E-state index contributed by atoms with van der Waals surface area (Å²) < 4.78 is 0. The average Bonchev–Trinajstić information content (AvgIpc) is 2.28. The Bertz CT molecular complexity index is 126. The largest absolute Gasteiger partial charge is 0.317 e. The van der Waals surface area contributed by atoms with Crippen molar-refractivity contribution in [1.29, 1.82) is 0 Å². The topological polar surface area (TPSA) is 15.3 Å². The molecule has 2 heteroatoms. The lowest BCUT2D eigenvalue weighted by Crippen LogP contribution is -2.21. The highest BCUT2D eigenvalue weighted by atomic mass is 15.1. The second-order valence-electron chi connectivity index (χ2n) is 4.78. The van der Waals surface area contributed by atoms with Gasteiger partial charge in [0.15, 0.2) is 0 Å². The van der Waals surface area contributed by atoms with Crippen molar-refractivity contribution in [2.75, 3.05) is 33.2 Å². The summed E-state index contributed by atoms with van der Waals surface area (Å²) in [6.45, 7) is 9.31. The van der Waals surface area contributed by atoms with E-state index in [2.05, 4.69) is 31.1 Å². The van der Waals surface area contributed by atoms with E-state index in [4.69, 9.17) is 0 Å². The highest BCUT2D eigenvalue weighted by Crippen LogP contribution is 2.02. The van der Waals surface area contributed by atoms with Crippen LogP contribution in [0.5, 0.6) is 0 Å². The zero-order chi connectivity index (χ0) is 12.1. The van der Waals surface area contributed by atoms with Gasteiger partial charge in [-0.25, -0.2) is 0 Å². The van der Waals surface area contributed by atoms with E-state index in [0.29, 0.717) is 0 Å². The Balaban J connectivity index is 3.06. The highest BCUT2D eigenvalue weighted by Gasteiger charge is 1.97. The summed E-state index contributed by atoms with van der Waals surface area (Å²) in [6.07, 6.45) is 9.57. The van der Waals surface area contributed by atoms with Crippen LogP contribution in [-0.4, -0.2) is 38.1 Å². The van der Waals surface area contributed by atoms with Gasteiger partial charge in [0.05, 0.1) is 0 Å². The first kappa shape index (κ1) is 15.9. The molecule has 0 aromatic heterocycles. The monoisotopic (exact) mass is 228 g/mol. The third kappa shape index (κ3) is 12.0. The van der Waals surface area contributed by atoms with E-state index in [1.54, 1.807) is 0 Å². The molecular formula is C14H32N2. The van der Waals surface area contributed by atoms with Gasteiger partial charge in [-0.15, -0.1) is 0 Å². The highest BCUT2D eigenvalue weighted by molar-refractivity contribution is 4.53. The van der Waals surface area contributed by atoms with E-state index in [0.717, 1.165) is 6.54 Å². The summed E-state index contributed by atoms with van der Waals surface area (Å²) in [5, 5.41) is 3.37. The Labute approximate surface area is 103 Å². The van der Waals surface area contributed by atoms with Crippen LogP contribution < -0.4 is 5.32 Å². The lowest BCUT2D eigenvalue weighted by Gasteiger charge is -2.15. The lowest BCUT2D eigenvalue weighted by atomic mass is 10.2. The van der Waals surface area contributed by atoms with Crippen LogP contribution in [0.4, 0.5) is 0 Å². The summed E-state index contributed by atoms with van der Waals surface area (Å²) in [4.78, 5) is 2.49. The van der Waals surface area contributed by atoms with Crippen molar-refractivity contribution in [3.8, 4) is 0 Å². The summed E-state index contributed by atoms with van der Waals surface area (Å²) in [6, 6.07) is 0. The fourth-order valence-electron chi connectivity index (χ4n) is 1.91. The van der Waals surface area contributed by atoms with Gasteiger partial charge in [0.25, 0.3) is 0 Å². The maximum Gasteiger partial charge on any atom is -0.00218 e. The van der Waals surface area contributed by atoms with Gasteiger partial charge in [-0.2, -0.15) is 0 Å². The molecule has 0 aromatic rings. The van der Waals surface area contributed by atoms with Crippen LogP contribution in [0, 0.1) is 0 Å². The Morgan fingerprint density at radius 2 is 1.44 bits per heavy atom. The number of nitrogens with one attached hydrogen (secondary N) is 1. The lowest BCUT2D eigenvalue weighted by molar-refractivity contribution is 0.316. The van der Waals surface area contributed by atoms with Crippen LogP contribution in [0.15, 0.2) is 0 Å². The Kier molecular flexibility index (Phi) is 12.9. The molecule has 1 N–H and O–H groups in total. The molecule has 16 heavy (non-hydrogen) atoms. The third-order valence-electron chi connectivity index (χ3n) is 3.04. The molecule has 0 saturated heterocycles. The minimum Gasteiger partial charge on any atom is -0.317 e. The molecule has 0 unspecified atom stereocenters. The average molecular weight is 228 g/mol. The standard InChI is InChI=1S/C14H32N2/c1-4-6-10-13-16(3)14-11-8-7-9-12-15-5-2/h15H,4-14H2,1-3H3. The maximum atomic E-state index is 3.37. The van der Waals surface area contributed by atoms with Crippen LogP contribution in [0.1, 0.15) is 58.8 Å². The predicted molar refractivity (Wildman–Crippen MR) is 74.0 cm³/mol. The fourth-order valence-corrected chi connectivity index (χ4v) is 1.91. The molecule has 0 aliphatic carbocycles. The predicted octanol–water partition coefficient (Wildman–Crippen LogP) is 3.28. The zero-order valence-electron chi connectivity index (χ0n) is 11.7. The minimum absolute atomic E-state index is 1.11. The van der Waals surface area contributed by atoms with E-state index in [9.17, 15) is 0 Å². The van der Waals surface area contributed by atoms with Crippen molar-refractivity contribution in [2.45, 2.75) is 58.8 Å². The maximum absolute atomic E-state index is 3.37. The number of rotatable bonds is 12. The zero-order valence-corrected chi connectivity index (χ0v) is 11.7. The fraction of sp³-hybridized carbons (Fsp3) is 1.00. The summed E-state index contributed by atoms with van der Waals surface area (Å²) in [5.41, 5.74) is 0. The van der Waals surface area contributed by atoms with Gasteiger partial charge in [0.2, 0.25) is 0 Å². The number of hydrogen-bond acceptors (Lipinski definition) is 2. The van der Waals surface area contributed by atoms with E-state index in [1.807, 2.05) is 0 Å². The molecule has 0 bridgehead atoms. The van der Waals surface area contributed by atoms with Crippen LogP contribution in [0.3, 0.4) is 0 Å². The molecule has 0 aliphatic heterocycles. The van der Waals surface area contributed by atoms with Gasteiger partial charge in [-0.05, 0) is 52.5 Å². The summed E-state index contributed by atoms with van der Waals surface area (Å²) in [5.74, 6) is 0. The van der Waals surface area contributed by atoms with Gasteiger partial charge < -0.3 is 10.2 Å². The Hall–Kier alpha value is -0.0800. The van der Waals surface area contributed by atoms with E-state index in [-0.39, 0.29) is 0 Å². The van der Waals surface area contributed by atoms with Crippen molar-refractivity contribution < 1.29 is 0 Å². The van der Waals surface area contributed by atoms with Crippen LogP contribution in [0.2, 0.25) is 0 Å². The van der Waals surface area contributed by atoms with Gasteiger partial charge in [-0.3, -0.25) is 0 Å². The SMILES string of the molecule is CCCCCN(C)CCCCCCNCC. The van der Waals surface area contributed by atoms with E-state index in [1.165, 1.54) is 64.6 Å². The summed E-state index contributed by atoms with van der Waals surface area (Å²) in [7, 11) is 2.26. The molecular weight excluding hydrogens is 196 g/mol. The van der Waals surface area contributed by atoms with Crippen LogP contribution in [0.25, 0.3) is 0 Å². The smallest absolute Gasteiger partial charge is 0.00218 e. The van der Waals surface area contributed by atoms with Crippen molar-refractivity contribution in [3.05, 3.63) is 0 Å². The third-order valence-corrected chi connectivity index (χ3v) is 3.04. The molecule has 0 radical (unpaired) electrons. The van der Waals surface area contributed by atoms with Crippen molar-refractivity contribution >= 4 is 0 Å². The molecule has 0 heterocycles. The molecule has 98 valence electrons. The van der Waals surface area contributed by atoms with Gasteiger partial charge in [-0.1, -0.05) is 39.5 Å². The first-order valence-electron chi connectivity index (χ1n) is 7.20. The molecule has 0 atom stereocenters. The number of nitrogens with zero attached hydrogens (tertiary/aromatic N) is 1. The van der Waals surface area contributed by atoms with E-state index < -0.39 is 0 Å². The molecule has 0 aliphatic rings. The van der Waals surface area contributed by atoms with Gasteiger partial charge in [0.1, 0.15) is 0 Å². The molecule has 0 saturated carbocycles. The molecule has 0 amide bonds. The van der Waals surface area contributed by atoms with Crippen molar-refractivity contribution in [3.63, 3.8) is 0 Å². The Morgan fingerprint density at radius 3 is 2.06 bits per heavy atom. The van der Waals surface area contributed by atoms with Gasteiger partial charge >= 0.3 is 0 Å². The van der Waals surface area contributed by atoms with Gasteiger partial charge in [0, 0.05) is 0 Å². The normalized spacial score (nSPS) is 11.2. The molecule has 2 nitrogen and oxygen atoms in total. The van der Waals surface area contributed by atoms with Crippen molar-refractivity contribution in [2.24, 2.45) is 0 Å². The molecule has 0 spiro atoms. The summed E-state index contributed by atoms with van der Waals surface area (Å²) >= 11 is 0. The van der Waals surface area contributed by atoms with Crippen LogP contribution >= 0.6 is 0 Å². The second kappa shape index (κ2) is 13.0. The Morgan fingerprint density at radius 1 is 0.812 bits per heavy atom. The van der Waals surface area contributed by atoms with Crippen LogP contribution in [-0.2, 0) is 0 Å². The second-order valence-corrected chi connectivity index (χ2v) is 4.78. The van der Waals surface area contributed by atoms with E-state index >= 15 is 0 Å². The minimum atomic E-state index is 1.11. The first-order valence-corrected chi connectivity index (χ1v) is 7.20.